The van der Waals surface area contributed by atoms with Gasteiger partial charge in [0.25, 0.3) is 5.91 Å². The summed E-state index contributed by atoms with van der Waals surface area (Å²) in [5.41, 5.74) is 2.05. The number of hydrogen-bond acceptors (Lipinski definition) is 4. The van der Waals surface area contributed by atoms with Gasteiger partial charge >= 0.3 is 5.97 Å². The molecule has 2 aliphatic heterocycles. The van der Waals surface area contributed by atoms with Crippen molar-refractivity contribution >= 4 is 23.5 Å². The third kappa shape index (κ3) is 2.37. The van der Waals surface area contributed by atoms with Crippen molar-refractivity contribution in [2.24, 2.45) is 0 Å². The van der Waals surface area contributed by atoms with Crippen LogP contribution in [0, 0.1) is 0 Å². The Kier molecular flexibility index (Phi) is 3.37. The smallest absolute Gasteiger partial charge is 0.328 e. The Balaban J connectivity index is 1.84. The maximum absolute atomic E-state index is 12.6. The molecular formula is C15H16N2O4. The number of nitrogens with one attached hydrogen (secondary N) is 1. The zero-order valence-electron chi connectivity index (χ0n) is 11.7. The Morgan fingerprint density at radius 2 is 2.19 bits per heavy atom. The fourth-order valence-corrected chi connectivity index (χ4v) is 2.90. The number of methoxy groups -OCH3 is 1. The first-order valence-electron chi connectivity index (χ1n) is 6.91. The van der Waals surface area contributed by atoms with Crippen molar-refractivity contribution in [3.63, 3.8) is 0 Å². The van der Waals surface area contributed by atoms with Crippen LogP contribution in [0.4, 0.5) is 5.69 Å². The quantitative estimate of drug-likeness (QED) is 0.822. The predicted molar refractivity (Wildman–Crippen MR) is 74.9 cm³/mol. The molecule has 6 nitrogen and oxygen atoms in total. The van der Waals surface area contributed by atoms with E-state index < -0.39 is 6.04 Å². The highest BCUT2D eigenvalue weighted by Gasteiger charge is 2.35. The average molecular weight is 288 g/mol. The van der Waals surface area contributed by atoms with Gasteiger partial charge in [0.2, 0.25) is 5.91 Å². The van der Waals surface area contributed by atoms with Crippen LogP contribution in [-0.4, -0.2) is 42.4 Å². The first-order valence-corrected chi connectivity index (χ1v) is 6.91. The average Bonchev–Trinajstić information content (AvgIpc) is 3.09. The van der Waals surface area contributed by atoms with Crippen LogP contribution in [0.3, 0.4) is 0 Å². The van der Waals surface area contributed by atoms with E-state index in [2.05, 4.69) is 5.32 Å². The van der Waals surface area contributed by atoms with E-state index in [1.54, 1.807) is 23.1 Å². The van der Waals surface area contributed by atoms with Crippen molar-refractivity contribution in [1.29, 1.82) is 0 Å². The second kappa shape index (κ2) is 5.20. The topological polar surface area (TPSA) is 75.7 Å². The fraction of sp³-hybridized carbons (Fsp3) is 0.400. The molecule has 0 aliphatic carbocycles. The number of hydrogen-bond donors (Lipinski definition) is 1. The van der Waals surface area contributed by atoms with Gasteiger partial charge in [-0.3, -0.25) is 9.59 Å². The highest BCUT2D eigenvalue weighted by atomic mass is 16.5. The van der Waals surface area contributed by atoms with E-state index in [-0.39, 0.29) is 17.8 Å². The normalized spacial score (nSPS) is 20.1. The van der Waals surface area contributed by atoms with Crippen LogP contribution < -0.4 is 5.32 Å². The molecule has 1 N–H and O–H groups in total. The van der Waals surface area contributed by atoms with E-state index in [1.165, 1.54) is 7.11 Å². The molecule has 0 spiro atoms. The molecule has 110 valence electrons. The van der Waals surface area contributed by atoms with E-state index in [1.807, 2.05) is 0 Å². The number of amides is 2. The maximum atomic E-state index is 12.6. The predicted octanol–water partition coefficient (Wildman–Crippen LogP) is 0.959. The highest BCUT2D eigenvalue weighted by Crippen LogP contribution is 2.27. The van der Waals surface area contributed by atoms with Crippen LogP contribution >= 0.6 is 0 Å². The lowest BCUT2D eigenvalue weighted by Crippen LogP contribution is -2.41. The van der Waals surface area contributed by atoms with Crippen LogP contribution in [0.5, 0.6) is 0 Å². The largest absolute Gasteiger partial charge is 0.467 e. The number of likely N-dealkylation sites (tertiary alicyclic amines) is 1. The van der Waals surface area contributed by atoms with E-state index in [0.717, 1.165) is 12.0 Å². The van der Waals surface area contributed by atoms with Gasteiger partial charge in [-0.05, 0) is 30.5 Å². The molecule has 21 heavy (non-hydrogen) atoms. The summed E-state index contributed by atoms with van der Waals surface area (Å²) in [5, 5.41) is 2.73. The molecule has 6 heteroatoms. The number of nitrogens with zero attached hydrogens (tertiary/aromatic N) is 1. The minimum absolute atomic E-state index is 0.0665. The van der Waals surface area contributed by atoms with Crippen molar-refractivity contribution in [2.75, 3.05) is 19.0 Å². The van der Waals surface area contributed by atoms with E-state index in [4.69, 9.17) is 4.74 Å². The minimum atomic E-state index is -0.509. The standard InChI is InChI=1S/C15H16N2O4/c1-21-15(20)12-3-2-6-17(12)14(19)10-5-4-9-8-13(18)16-11(9)7-10/h4-5,7,12H,2-3,6,8H2,1H3,(H,16,18). The number of carbonyl (C=O) groups is 3. The van der Waals surface area contributed by atoms with Crippen molar-refractivity contribution in [2.45, 2.75) is 25.3 Å². The van der Waals surface area contributed by atoms with Gasteiger partial charge in [0.1, 0.15) is 6.04 Å². The summed E-state index contributed by atoms with van der Waals surface area (Å²) in [7, 11) is 1.33. The zero-order chi connectivity index (χ0) is 15.0. The van der Waals surface area contributed by atoms with Gasteiger partial charge in [-0.15, -0.1) is 0 Å². The number of anilines is 1. The van der Waals surface area contributed by atoms with Crippen LogP contribution in [0.15, 0.2) is 18.2 Å². The van der Waals surface area contributed by atoms with Crippen LogP contribution in [0.25, 0.3) is 0 Å². The summed E-state index contributed by atoms with van der Waals surface area (Å²) in [5.74, 6) is -0.648. The second-order valence-electron chi connectivity index (χ2n) is 5.28. The van der Waals surface area contributed by atoms with Crippen LogP contribution in [-0.2, 0) is 20.7 Å². The summed E-state index contributed by atoms with van der Waals surface area (Å²) < 4.78 is 4.75. The Morgan fingerprint density at radius 1 is 1.38 bits per heavy atom. The molecule has 0 saturated carbocycles. The number of ether oxygens (including phenoxy) is 1. The summed E-state index contributed by atoms with van der Waals surface area (Å²) in [6.45, 7) is 0.544. The Hall–Kier alpha value is -2.37. The second-order valence-corrected chi connectivity index (χ2v) is 5.28. The van der Waals surface area contributed by atoms with Gasteiger partial charge in [-0.1, -0.05) is 6.07 Å². The zero-order valence-corrected chi connectivity index (χ0v) is 11.7. The first-order chi connectivity index (χ1) is 10.1. The lowest BCUT2D eigenvalue weighted by atomic mass is 10.1. The third-order valence-electron chi connectivity index (χ3n) is 3.97. The van der Waals surface area contributed by atoms with Gasteiger partial charge < -0.3 is 15.0 Å². The van der Waals surface area contributed by atoms with E-state index >= 15 is 0 Å². The molecule has 1 aromatic rings. The summed E-state index contributed by atoms with van der Waals surface area (Å²) in [6, 6.07) is 4.65. The Bertz CT molecular complexity index is 626. The molecule has 1 atom stereocenters. The molecule has 3 rings (SSSR count). The molecule has 1 aromatic carbocycles. The summed E-state index contributed by atoms with van der Waals surface area (Å²) >= 11 is 0. The number of fused-ring (bicyclic) bond motifs is 1. The molecule has 1 saturated heterocycles. The molecular weight excluding hydrogens is 272 g/mol. The minimum Gasteiger partial charge on any atom is -0.467 e. The van der Waals surface area contributed by atoms with Crippen molar-refractivity contribution in [1.82, 2.24) is 4.90 Å². The SMILES string of the molecule is COC(=O)C1CCCN1C(=O)c1ccc2c(c1)NC(=O)C2. The van der Waals surface area contributed by atoms with E-state index in [9.17, 15) is 14.4 Å². The number of rotatable bonds is 2. The molecule has 1 unspecified atom stereocenters. The van der Waals surface area contributed by atoms with Gasteiger partial charge in [-0.2, -0.15) is 0 Å². The van der Waals surface area contributed by atoms with Gasteiger partial charge in [-0.25, -0.2) is 4.79 Å². The first kappa shape index (κ1) is 13.6. The molecule has 0 bridgehead atoms. The van der Waals surface area contributed by atoms with Gasteiger partial charge in [0.05, 0.1) is 13.5 Å². The van der Waals surface area contributed by atoms with Crippen molar-refractivity contribution in [3.8, 4) is 0 Å². The molecule has 2 aliphatic rings. The molecule has 2 heterocycles. The molecule has 0 aromatic heterocycles. The highest BCUT2D eigenvalue weighted by molar-refractivity contribution is 6.03. The number of carbonyl (C=O) groups excluding carboxylic acids is 3. The lowest BCUT2D eigenvalue weighted by molar-refractivity contribution is -0.145. The van der Waals surface area contributed by atoms with E-state index in [0.29, 0.717) is 30.6 Å². The third-order valence-corrected chi connectivity index (χ3v) is 3.97. The van der Waals surface area contributed by atoms with Gasteiger partial charge in [0.15, 0.2) is 0 Å². The molecule has 2 amide bonds. The number of esters is 1. The monoisotopic (exact) mass is 288 g/mol. The Morgan fingerprint density at radius 3 is 2.95 bits per heavy atom. The van der Waals surface area contributed by atoms with Gasteiger partial charge in [0, 0.05) is 17.8 Å². The summed E-state index contributed by atoms with van der Waals surface area (Å²) in [6.07, 6.45) is 1.76. The van der Waals surface area contributed by atoms with Crippen LogP contribution in [0.1, 0.15) is 28.8 Å². The van der Waals surface area contributed by atoms with Crippen molar-refractivity contribution in [3.05, 3.63) is 29.3 Å². The summed E-state index contributed by atoms with van der Waals surface area (Å²) in [4.78, 5) is 37.2. The maximum Gasteiger partial charge on any atom is 0.328 e. The Labute approximate surface area is 122 Å². The number of benzene rings is 1. The molecule has 1 fully saturated rings. The van der Waals surface area contributed by atoms with Crippen molar-refractivity contribution < 1.29 is 19.1 Å². The van der Waals surface area contributed by atoms with Crippen LogP contribution in [0.2, 0.25) is 0 Å². The molecule has 0 radical (unpaired) electrons. The fourth-order valence-electron chi connectivity index (χ4n) is 2.90. The lowest BCUT2D eigenvalue weighted by Gasteiger charge is -2.22.